The van der Waals surface area contributed by atoms with Gasteiger partial charge in [0.1, 0.15) is 4.90 Å². The van der Waals surface area contributed by atoms with E-state index in [0.29, 0.717) is 13.1 Å². The zero-order chi connectivity index (χ0) is 14.7. The maximum atomic E-state index is 12.0. The average molecular weight is 308 g/mol. The van der Waals surface area contributed by atoms with Gasteiger partial charge in [-0.25, -0.2) is 16.8 Å². The molecule has 108 valence electrons. The van der Waals surface area contributed by atoms with Crippen LogP contribution in [0, 0.1) is 0 Å². The van der Waals surface area contributed by atoms with Crippen molar-refractivity contribution in [1.82, 2.24) is 4.13 Å². The van der Waals surface area contributed by atoms with Gasteiger partial charge in [0.15, 0.2) is 0 Å². The topological polar surface area (TPSA) is 144 Å². The quantitative estimate of drug-likeness (QED) is 0.487. The van der Waals surface area contributed by atoms with Crippen LogP contribution in [0.4, 0.5) is 11.4 Å². The number of benzene rings is 1. The summed E-state index contributed by atoms with van der Waals surface area (Å²) in [4.78, 5) is -0.244. The van der Waals surface area contributed by atoms with Crippen molar-refractivity contribution in [2.75, 3.05) is 30.4 Å². The fourth-order valence-electron chi connectivity index (χ4n) is 1.36. The molecule has 0 amide bonds. The number of anilines is 2. The van der Waals surface area contributed by atoms with Crippen molar-refractivity contribution in [2.24, 2.45) is 5.73 Å². The molecule has 0 saturated heterocycles. The number of hydrogen-bond donors (Lipinski definition) is 4. The van der Waals surface area contributed by atoms with Crippen LogP contribution in [0.3, 0.4) is 0 Å². The zero-order valence-corrected chi connectivity index (χ0v) is 11.9. The lowest BCUT2D eigenvalue weighted by molar-refractivity contribution is 0.580. The molecule has 10 heteroatoms. The highest BCUT2D eigenvalue weighted by molar-refractivity contribution is 8.04. The SMILES string of the molecule is CS(=O)(=O)NS(=O)(=O)c1cc(N)ccc1NCCN. The minimum Gasteiger partial charge on any atom is -0.399 e. The second kappa shape index (κ2) is 5.74. The van der Waals surface area contributed by atoms with Crippen molar-refractivity contribution in [1.29, 1.82) is 0 Å². The van der Waals surface area contributed by atoms with Crippen LogP contribution in [-0.2, 0) is 20.0 Å². The van der Waals surface area contributed by atoms with E-state index in [4.69, 9.17) is 11.5 Å². The Kier molecular flexibility index (Phi) is 4.74. The summed E-state index contributed by atoms with van der Waals surface area (Å²) in [5.74, 6) is 0. The molecule has 0 radical (unpaired) electrons. The van der Waals surface area contributed by atoms with E-state index in [2.05, 4.69) is 5.32 Å². The van der Waals surface area contributed by atoms with Gasteiger partial charge < -0.3 is 16.8 Å². The van der Waals surface area contributed by atoms with Gasteiger partial charge in [0.2, 0.25) is 10.0 Å². The van der Waals surface area contributed by atoms with Crippen molar-refractivity contribution < 1.29 is 16.8 Å². The van der Waals surface area contributed by atoms with Gasteiger partial charge in [-0.2, -0.15) is 0 Å². The van der Waals surface area contributed by atoms with Crippen LogP contribution in [0.15, 0.2) is 23.1 Å². The van der Waals surface area contributed by atoms with E-state index < -0.39 is 20.0 Å². The number of hydrogen-bond acceptors (Lipinski definition) is 7. The third kappa shape index (κ3) is 4.67. The number of nitrogens with one attached hydrogen (secondary N) is 2. The molecule has 0 unspecified atom stereocenters. The standard InChI is InChI=1S/C9H16N4O4S2/c1-18(14,15)13-19(16,17)9-6-7(11)2-3-8(9)12-5-4-10/h2-3,6,12-13H,4-5,10-11H2,1H3. The minimum absolute atomic E-state index is 0.201. The smallest absolute Gasteiger partial charge is 0.255 e. The molecule has 0 fully saturated rings. The lowest BCUT2D eigenvalue weighted by Crippen LogP contribution is -2.30. The summed E-state index contributed by atoms with van der Waals surface area (Å²) in [5, 5.41) is 2.79. The Bertz CT molecular complexity index is 655. The number of rotatable bonds is 6. The molecular formula is C9H16N4O4S2. The molecule has 0 saturated carbocycles. The van der Waals surface area contributed by atoms with Crippen molar-refractivity contribution >= 4 is 31.4 Å². The summed E-state index contributed by atoms with van der Waals surface area (Å²) in [6, 6.07) is 4.12. The van der Waals surface area contributed by atoms with Crippen LogP contribution < -0.4 is 20.9 Å². The van der Waals surface area contributed by atoms with E-state index in [1.807, 2.05) is 0 Å². The minimum atomic E-state index is -4.22. The summed E-state index contributed by atoms with van der Waals surface area (Å²) in [6.07, 6.45) is 0.754. The predicted molar refractivity (Wildman–Crippen MR) is 73.6 cm³/mol. The Hall–Kier alpha value is -1.36. The highest BCUT2D eigenvalue weighted by Gasteiger charge is 2.22. The van der Waals surface area contributed by atoms with Crippen molar-refractivity contribution in [2.45, 2.75) is 4.90 Å². The second-order valence-corrected chi connectivity index (χ2v) is 7.49. The lowest BCUT2D eigenvalue weighted by atomic mass is 10.3. The third-order valence-electron chi connectivity index (χ3n) is 2.02. The van der Waals surface area contributed by atoms with E-state index in [1.165, 1.54) is 18.2 Å². The van der Waals surface area contributed by atoms with Crippen LogP contribution in [0.1, 0.15) is 0 Å². The van der Waals surface area contributed by atoms with Gasteiger partial charge in [0, 0.05) is 18.8 Å². The Morgan fingerprint density at radius 3 is 2.37 bits per heavy atom. The summed E-state index contributed by atoms with van der Waals surface area (Å²) in [5.41, 5.74) is 11.3. The number of nitrogen functional groups attached to an aromatic ring is 1. The molecule has 6 N–H and O–H groups in total. The number of nitrogens with two attached hydrogens (primary N) is 2. The largest absolute Gasteiger partial charge is 0.399 e. The molecule has 0 heterocycles. The molecule has 0 spiro atoms. The van der Waals surface area contributed by atoms with Gasteiger partial charge in [0.25, 0.3) is 10.0 Å². The predicted octanol–water partition coefficient (Wildman–Crippen LogP) is -1.12. The van der Waals surface area contributed by atoms with Gasteiger partial charge >= 0.3 is 0 Å². The van der Waals surface area contributed by atoms with Crippen LogP contribution in [-0.4, -0.2) is 36.2 Å². The van der Waals surface area contributed by atoms with Crippen LogP contribution in [0.5, 0.6) is 0 Å². The van der Waals surface area contributed by atoms with E-state index >= 15 is 0 Å². The van der Waals surface area contributed by atoms with E-state index in [0.717, 1.165) is 6.26 Å². The maximum Gasteiger partial charge on any atom is 0.255 e. The van der Waals surface area contributed by atoms with E-state index in [9.17, 15) is 16.8 Å². The summed E-state index contributed by atoms with van der Waals surface area (Å²) in [7, 11) is -8.13. The third-order valence-corrected chi connectivity index (χ3v) is 5.02. The first-order valence-corrected chi connectivity index (χ1v) is 8.60. The molecule has 0 aliphatic carbocycles. The molecule has 1 aromatic rings. The number of sulfonamides is 2. The lowest BCUT2D eigenvalue weighted by Gasteiger charge is -2.12. The summed E-state index contributed by atoms with van der Waals surface area (Å²) in [6.45, 7) is 0.634. The molecule has 0 aliphatic rings. The van der Waals surface area contributed by atoms with Crippen molar-refractivity contribution in [3.05, 3.63) is 18.2 Å². The fraction of sp³-hybridized carbons (Fsp3) is 0.333. The molecule has 0 atom stereocenters. The molecule has 19 heavy (non-hydrogen) atoms. The molecule has 1 rings (SSSR count). The second-order valence-electron chi connectivity index (χ2n) is 3.83. The first-order chi connectivity index (χ1) is 8.65. The normalized spacial score (nSPS) is 12.3. The summed E-state index contributed by atoms with van der Waals surface area (Å²) < 4.78 is 47.6. The van der Waals surface area contributed by atoms with Gasteiger partial charge in [-0.3, -0.25) is 0 Å². The van der Waals surface area contributed by atoms with Gasteiger partial charge in [-0.05, 0) is 18.2 Å². The highest BCUT2D eigenvalue weighted by atomic mass is 32.3. The van der Waals surface area contributed by atoms with Gasteiger partial charge in [0.05, 0.1) is 11.9 Å². The average Bonchev–Trinajstić information content (AvgIpc) is 2.24. The molecule has 8 nitrogen and oxygen atoms in total. The van der Waals surface area contributed by atoms with Crippen LogP contribution in [0.25, 0.3) is 0 Å². The molecular weight excluding hydrogens is 292 g/mol. The van der Waals surface area contributed by atoms with Crippen molar-refractivity contribution in [3.8, 4) is 0 Å². The Morgan fingerprint density at radius 2 is 1.84 bits per heavy atom. The van der Waals surface area contributed by atoms with E-state index in [-0.39, 0.29) is 16.3 Å². The molecule has 1 aromatic carbocycles. The van der Waals surface area contributed by atoms with E-state index in [1.54, 1.807) is 4.13 Å². The molecule has 0 aromatic heterocycles. The van der Waals surface area contributed by atoms with Gasteiger partial charge in [-0.15, -0.1) is 4.13 Å². The molecule has 0 bridgehead atoms. The molecule has 0 aliphatic heterocycles. The van der Waals surface area contributed by atoms with Crippen molar-refractivity contribution in [3.63, 3.8) is 0 Å². The highest BCUT2D eigenvalue weighted by Crippen LogP contribution is 2.23. The zero-order valence-electron chi connectivity index (χ0n) is 10.3. The van der Waals surface area contributed by atoms with Crippen LogP contribution >= 0.6 is 0 Å². The maximum absolute atomic E-state index is 12.0. The first kappa shape index (κ1) is 15.7. The first-order valence-electron chi connectivity index (χ1n) is 5.23. The Morgan fingerprint density at radius 1 is 1.21 bits per heavy atom. The van der Waals surface area contributed by atoms with Crippen LogP contribution in [0.2, 0.25) is 0 Å². The summed E-state index contributed by atoms with van der Waals surface area (Å²) >= 11 is 0. The fourth-order valence-corrected chi connectivity index (χ4v) is 4.03. The monoisotopic (exact) mass is 308 g/mol. The van der Waals surface area contributed by atoms with Gasteiger partial charge in [-0.1, -0.05) is 0 Å². The Labute approximate surface area is 112 Å². The Balaban J connectivity index is 3.27.